The fourth-order valence-corrected chi connectivity index (χ4v) is 8.14. The average Bonchev–Trinajstić information content (AvgIpc) is 3.40. The van der Waals surface area contributed by atoms with Gasteiger partial charge in [-0.15, -0.1) is 0 Å². The molecule has 2 unspecified atom stereocenters. The molecule has 220 valence electrons. The van der Waals surface area contributed by atoms with E-state index >= 15 is 0 Å². The van der Waals surface area contributed by atoms with Crippen LogP contribution in [0, 0.1) is 11.7 Å². The van der Waals surface area contributed by atoms with Crippen molar-refractivity contribution in [3.8, 4) is 0 Å². The third kappa shape index (κ3) is 5.36. The maximum atomic E-state index is 13.9. The first-order valence-corrected chi connectivity index (χ1v) is 14.8. The van der Waals surface area contributed by atoms with Crippen LogP contribution in [0.1, 0.15) is 21.9 Å². The first-order chi connectivity index (χ1) is 20.4. The molecule has 4 aromatic rings. The molecular weight excluding hydrogens is 630 g/mol. The van der Waals surface area contributed by atoms with Crippen molar-refractivity contribution >= 4 is 63.8 Å². The van der Waals surface area contributed by atoms with Crippen molar-refractivity contribution in [3.63, 3.8) is 0 Å². The van der Waals surface area contributed by atoms with Crippen molar-refractivity contribution in [2.24, 2.45) is 5.92 Å². The van der Waals surface area contributed by atoms with Crippen molar-refractivity contribution < 1.29 is 31.9 Å². The van der Waals surface area contributed by atoms with Crippen molar-refractivity contribution in [3.05, 3.63) is 109 Å². The van der Waals surface area contributed by atoms with Crippen LogP contribution in [0.2, 0.25) is 5.02 Å². The van der Waals surface area contributed by atoms with E-state index in [-0.39, 0.29) is 5.69 Å². The fraction of sp³-hybridized carbons (Fsp3) is 0.172. The van der Waals surface area contributed by atoms with Gasteiger partial charge in [-0.25, -0.2) is 9.29 Å². The Bertz CT molecular complexity index is 1820. The maximum Gasteiger partial charge on any atom is 0.416 e. The van der Waals surface area contributed by atoms with Gasteiger partial charge < -0.3 is 5.32 Å². The molecule has 1 aromatic heterocycles. The molecule has 3 aromatic carbocycles. The Balaban J connectivity index is 1.40. The molecule has 1 saturated heterocycles. The number of imide groups is 1. The molecule has 14 heteroatoms. The van der Waals surface area contributed by atoms with Crippen molar-refractivity contribution in [2.45, 2.75) is 28.9 Å². The fourth-order valence-electron chi connectivity index (χ4n) is 5.24. The lowest BCUT2D eigenvalue weighted by atomic mass is 9.83. The van der Waals surface area contributed by atoms with Gasteiger partial charge >= 0.3 is 11.0 Å². The van der Waals surface area contributed by atoms with Gasteiger partial charge in [0.25, 0.3) is 0 Å². The second kappa shape index (κ2) is 11.0. The lowest BCUT2D eigenvalue weighted by molar-refractivity contribution is -0.137. The highest BCUT2D eigenvalue weighted by Gasteiger charge is 2.57. The molecule has 0 saturated carbocycles. The van der Waals surface area contributed by atoms with Gasteiger partial charge in [0, 0.05) is 21.5 Å². The van der Waals surface area contributed by atoms with Crippen LogP contribution in [0.5, 0.6) is 0 Å². The van der Waals surface area contributed by atoms with E-state index in [0.29, 0.717) is 26.2 Å². The van der Waals surface area contributed by atoms with E-state index in [4.69, 9.17) is 11.6 Å². The third-order valence-corrected chi connectivity index (χ3v) is 10.00. The van der Waals surface area contributed by atoms with Crippen LogP contribution in [0.25, 0.3) is 0 Å². The summed E-state index contributed by atoms with van der Waals surface area (Å²) in [4.78, 5) is 54.4. The summed E-state index contributed by atoms with van der Waals surface area (Å²) >= 11 is 7.84. The van der Waals surface area contributed by atoms with Crippen LogP contribution in [0.3, 0.4) is 0 Å². The minimum absolute atomic E-state index is 0.214. The Kier molecular flexibility index (Phi) is 7.43. The number of benzene rings is 3. The van der Waals surface area contributed by atoms with Crippen molar-refractivity contribution in [1.29, 1.82) is 0 Å². The standard InChI is InChI=1S/C29H18ClF4N3O4S2/c30-16-6-4-14(5-7-16)21-22-23(26(40)37(25(22)39)19-3-1-2-15(12-19)29(32,33)34)42-27-24(21)43-28(41)36(27)13-20(38)35-18-10-8-17(31)9-11-18/h1-12,21-23H,13H2,(H,35,38)/t21-,22?,23?/m1/s1. The lowest BCUT2D eigenvalue weighted by Gasteiger charge is -2.30. The summed E-state index contributed by atoms with van der Waals surface area (Å²) in [6.45, 7) is -0.431. The lowest BCUT2D eigenvalue weighted by Crippen LogP contribution is -2.33. The molecule has 2 aliphatic heterocycles. The van der Waals surface area contributed by atoms with Crippen LogP contribution in [0.15, 0.2) is 82.6 Å². The molecule has 0 aliphatic carbocycles. The molecule has 43 heavy (non-hydrogen) atoms. The van der Waals surface area contributed by atoms with E-state index in [1.165, 1.54) is 34.9 Å². The number of nitrogens with zero attached hydrogens (tertiary/aromatic N) is 2. The van der Waals surface area contributed by atoms with E-state index in [2.05, 4.69) is 5.32 Å². The van der Waals surface area contributed by atoms with Crippen molar-refractivity contribution in [2.75, 3.05) is 10.2 Å². The molecule has 0 bridgehead atoms. The van der Waals surface area contributed by atoms with Gasteiger partial charge in [0.1, 0.15) is 17.6 Å². The molecule has 1 fully saturated rings. The van der Waals surface area contributed by atoms with Gasteiger partial charge in [-0.2, -0.15) is 13.2 Å². The van der Waals surface area contributed by atoms with E-state index in [1.807, 2.05) is 0 Å². The maximum absolute atomic E-state index is 13.9. The zero-order chi connectivity index (χ0) is 30.6. The molecule has 3 atom stereocenters. The largest absolute Gasteiger partial charge is 0.416 e. The number of alkyl halides is 3. The van der Waals surface area contributed by atoms with Gasteiger partial charge in [0.05, 0.1) is 22.2 Å². The first kappa shape index (κ1) is 29.1. The minimum atomic E-state index is -4.69. The zero-order valence-electron chi connectivity index (χ0n) is 21.6. The molecule has 3 heterocycles. The summed E-state index contributed by atoms with van der Waals surface area (Å²) in [7, 11) is 0. The quantitative estimate of drug-likeness (QED) is 0.207. The highest BCUT2D eigenvalue weighted by Crippen LogP contribution is 2.54. The summed E-state index contributed by atoms with van der Waals surface area (Å²) in [6.07, 6.45) is -4.69. The molecule has 3 amide bonds. The molecule has 1 N–H and O–H groups in total. The van der Waals surface area contributed by atoms with Gasteiger partial charge in [-0.1, -0.05) is 52.9 Å². The van der Waals surface area contributed by atoms with E-state index in [0.717, 1.165) is 46.2 Å². The van der Waals surface area contributed by atoms with Crippen LogP contribution in [-0.2, 0) is 27.1 Å². The van der Waals surface area contributed by atoms with Crippen LogP contribution < -0.4 is 15.1 Å². The normalized spacial score (nSPS) is 19.7. The Morgan fingerprint density at radius 2 is 1.65 bits per heavy atom. The second-order valence-corrected chi connectivity index (χ2v) is 12.4. The number of hydrogen-bond donors (Lipinski definition) is 1. The molecule has 7 nitrogen and oxygen atoms in total. The Labute approximate surface area is 254 Å². The minimum Gasteiger partial charge on any atom is -0.325 e. The first-order valence-electron chi connectivity index (χ1n) is 12.7. The van der Waals surface area contributed by atoms with E-state index in [1.54, 1.807) is 24.3 Å². The number of fused-ring (bicyclic) bond motifs is 2. The number of halogens is 5. The number of carbonyl (C=O) groups excluding carboxylic acids is 3. The highest BCUT2D eigenvalue weighted by atomic mass is 35.5. The molecule has 2 aliphatic rings. The summed E-state index contributed by atoms with van der Waals surface area (Å²) in [6, 6.07) is 15.5. The number of thiazole rings is 1. The third-order valence-electron chi connectivity index (χ3n) is 7.14. The van der Waals surface area contributed by atoms with Gasteiger partial charge in [0.2, 0.25) is 17.7 Å². The van der Waals surface area contributed by atoms with Gasteiger partial charge in [0.15, 0.2) is 0 Å². The predicted molar refractivity (Wildman–Crippen MR) is 154 cm³/mol. The predicted octanol–water partition coefficient (Wildman–Crippen LogP) is 6.16. The summed E-state index contributed by atoms with van der Waals surface area (Å²) in [5.74, 6) is -4.36. The number of anilines is 2. The highest BCUT2D eigenvalue weighted by molar-refractivity contribution is 8.00. The number of hydrogen-bond acceptors (Lipinski definition) is 6. The summed E-state index contributed by atoms with van der Waals surface area (Å²) < 4.78 is 54.8. The average molecular weight is 648 g/mol. The van der Waals surface area contributed by atoms with Crippen LogP contribution >= 0.6 is 34.7 Å². The zero-order valence-corrected chi connectivity index (χ0v) is 24.0. The number of amides is 3. The van der Waals surface area contributed by atoms with Gasteiger partial charge in [-0.3, -0.25) is 23.7 Å². The monoisotopic (exact) mass is 647 g/mol. The summed E-state index contributed by atoms with van der Waals surface area (Å²) in [5.41, 5.74) is -0.350. The topological polar surface area (TPSA) is 88.5 Å². The SMILES string of the molecule is O=C(Cn1c2c(sc1=O)[C@H](c1ccc(Cl)cc1)C1C(=O)N(c3cccc(C(F)(F)F)c3)C(=O)C1S2)Nc1ccc(F)cc1. The van der Waals surface area contributed by atoms with Crippen LogP contribution in [0.4, 0.5) is 28.9 Å². The number of aromatic nitrogens is 1. The van der Waals surface area contributed by atoms with E-state index < -0.39 is 63.8 Å². The summed E-state index contributed by atoms with van der Waals surface area (Å²) in [5, 5.41) is 2.22. The van der Waals surface area contributed by atoms with Gasteiger partial charge in [-0.05, 0) is 60.2 Å². The number of thioether (sulfide) groups is 1. The Hall–Kier alpha value is -3.94. The van der Waals surface area contributed by atoms with E-state index in [9.17, 15) is 36.7 Å². The Morgan fingerprint density at radius 1 is 0.953 bits per heavy atom. The van der Waals surface area contributed by atoms with Crippen molar-refractivity contribution in [1.82, 2.24) is 4.57 Å². The molecule has 0 spiro atoms. The van der Waals surface area contributed by atoms with Crippen LogP contribution in [-0.4, -0.2) is 27.5 Å². The molecule has 6 rings (SSSR count). The smallest absolute Gasteiger partial charge is 0.325 e. The molecule has 0 radical (unpaired) electrons. The number of rotatable bonds is 5. The number of carbonyl (C=O) groups is 3. The second-order valence-electron chi connectivity index (χ2n) is 9.83. The molecular formula is C29H18ClF4N3O4S2. The number of nitrogens with one attached hydrogen (secondary N) is 1. The Morgan fingerprint density at radius 3 is 2.33 bits per heavy atom.